The topological polar surface area (TPSA) is 39.2 Å². The highest BCUT2D eigenvalue weighted by atomic mass is 35.5. The molecule has 122 valence electrons. The second-order valence-electron chi connectivity index (χ2n) is 5.47. The third-order valence-electron chi connectivity index (χ3n) is 3.55. The molecule has 1 unspecified atom stereocenters. The lowest BCUT2D eigenvalue weighted by atomic mass is 10.0. The summed E-state index contributed by atoms with van der Waals surface area (Å²) in [5.41, 5.74) is 2.09. The van der Waals surface area contributed by atoms with Gasteiger partial charge < -0.3 is 4.74 Å². The monoisotopic (exact) mass is 351 g/mol. The predicted octanol–water partition coefficient (Wildman–Crippen LogP) is 4.74. The molecule has 0 aliphatic carbocycles. The van der Waals surface area contributed by atoms with Gasteiger partial charge in [0.1, 0.15) is 0 Å². The van der Waals surface area contributed by atoms with E-state index in [-0.39, 0.29) is 11.9 Å². The van der Waals surface area contributed by atoms with Crippen LogP contribution in [0.25, 0.3) is 0 Å². The van der Waals surface area contributed by atoms with Crippen molar-refractivity contribution < 1.29 is 9.53 Å². The van der Waals surface area contributed by atoms with Crippen molar-refractivity contribution in [2.24, 2.45) is 5.92 Å². The number of carbonyl (C=O) groups is 1. The SMILES string of the molecule is CC(Cc1ccc(Cl)cc1Cl)C(=O)OCCCc1ccncc1. The smallest absolute Gasteiger partial charge is 0.308 e. The van der Waals surface area contributed by atoms with Crippen LogP contribution in [0.4, 0.5) is 0 Å². The molecule has 0 bridgehead atoms. The number of rotatable bonds is 7. The molecule has 1 aromatic carbocycles. The zero-order valence-electron chi connectivity index (χ0n) is 13.0. The minimum Gasteiger partial charge on any atom is -0.465 e. The van der Waals surface area contributed by atoms with E-state index in [2.05, 4.69) is 4.98 Å². The summed E-state index contributed by atoms with van der Waals surface area (Å²) in [4.78, 5) is 16.0. The van der Waals surface area contributed by atoms with E-state index in [9.17, 15) is 4.79 Å². The van der Waals surface area contributed by atoms with Crippen LogP contribution in [-0.4, -0.2) is 17.6 Å². The number of ether oxygens (including phenoxy) is 1. The van der Waals surface area contributed by atoms with Gasteiger partial charge in [0.25, 0.3) is 0 Å². The number of benzene rings is 1. The van der Waals surface area contributed by atoms with Crippen LogP contribution in [0.2, 0.25) is 10.0 Å². The van der Waals surface area contributed by atoms with Crippen molar-refractivity contribution in [3.05, 3.63) is 63.9 Å². The van der Waals surface area contributed by atoms with Crippen LogP contribution in [0, 0.1) is 5.92 Å². The van der Waals surface area contributed by atoms with E-state index in [1.165, 1.54) is 5.56 Å². The number of esters is 1. The molecule has 1 aromatic heterocycles. The molecular formula is C18H19Cl2NO2. The number of pyridine rings is 1. The minimum atomic E-state index is -0.241. The van der Waals surface area contributed by atoms with Gasteiger partial charge in [-0.3, -0.25) is 9.78 Å². The third-order valence-corrected chi connectivity index (χ3v) is 4.13. The molecule has 0 amide bonds. The van der Waals surface area contributed by atoms with Gasteiger partial charge in [0.2, 0.25) is 0 Å². The summed E-state index contributed by atoms with van der Waals surface area (Å²) in [7, 11) is 0. The van der Waals surface area contributed by atoms with Crippen molar-refractivity contribution >= 4 is 29.2 Å². The quantitative estimate of drug-likeness (QED) is 0.534. The second kappa shape index (κ2) is 8.90. The van der Waals surface area contributed by atoms with Crippen molar-refractivity contribution in [2.75, 3.05) is 6.61 Å². The van der Waals surface area contributed by atoms with Crippen LogP contribution >= 0.6 is 23.2 Å². The van der Waals surface area contributed by atoms with Crippen molar-refractivity contribution in [2.45, 2.75) is 26.2 Å². The van der Waals surface area contributed by atoms with Gasteiger partial charge in [-0.15, -0.1) is 0 Å². The molecule has 0 aliphatic heterocycles. The molecule has 0 aliphatic rings. The molecule has 1 heterocycles. The highest BCUT2D eigenvalue weighted by Crippen LogP contribution is 2.23. The van der Waals surface area contributed by atoms with Crippen molar-refractivity contribution in [1.82, 2.24) is 4.98 Å². The van der Waals surface area contributed by atoms with Crippen LogP contribution in [-0.2, 0) is 22.4 Å². The fourth-order valence-electron chi connectivity index (χ4n) is 2.24. The minimum absolute atomic E-state index is 0.203. The summed E-state index contributed by atoms with van der Waals surface area (Å²) >= 11 is 12.0. The van der Waals surface area contributed by atoms with Gasteiger partial charge in [0.05, 0.1) is 12.5 Å². The van der Waals surface area contributed by atoms with E-state index in [4.69, 9.17) is 27.9 Å². The van der Waals surface area contributed by atoms with Crippen LogP contribution in [0.1, 0.15) is 24.5 Å². The van der Waals surface area contributed by atoms with E-state index in [1.807, 2.05) is 25.1 Å². The Bertz CT molecular complexity index is 647. The van der Waals surface area contributed by atoms with Crippen molar-refractivity contribution in [3.8, 4) is 0 Å². The largest absolute Gasteiger partial charge is 0.465 e. The Kier molecular flexibility index (Phi) is 6.87. The Balaban J connectivity index is 1.74. The molecule has 3 nitrogen and oxygen atoms in total. The van der Waals surface area contributed by atoms with E-state index in [1.54, 1.807) is 24.5 Å². The zero-order valence-corrected chi connectivity index (χ0v) is 14.5. The number of halogens is 2. The molecule has 0 radical (unpaired) electrons. The molecule has 1 atom stereocenters. The summed E-state index contributed by atoms with van der Waals surface area (Å²) in [6.07, 6.45) is 5.73. The first kappa shape index (κ1) is 17.8. The lowest BCUT2D eigenvalue weighted by molar-refractivity contribution is -0.148. The van der Waals surface area contributed by atoms with Gasteiger partial charge in [-0.1, -0.05) is 36.2 Å². The molecule has 2 aromatic rings. The highest BCUT2D eigenvalue weighted by molar-refractivity contribution is 6.35. The molecule has 0 saturated heterocycles. The zero-order chi connectivity index (χ0) is 16.7. The highest BCUT2D eigenvalue weighted by Gasteiger charge is 2.16. The first-order chi connectivity index (χ1) is 11.1. The average molecular weight is 352 g/mol. The summed E-state index contributed by atoms with van der Waals surface area (Å²) in [6.45, 7) is 2.26. The molecule has 0 N–H and O–H groups in total. The molecule has 0 spiro atoms. The van der Waals surface area contributed by atoms with Crippen molar-refractivity contribution in [1.29, 1.82) is 0 Å². The summed E-state index contributed by atoms with van der Waals surface area (Å²) < 4.78 is 5.34. The number of aryl methyl sites for hydroxylation is 1. The van der Waals surface area contributed by atoms with Crippen LogP contribution in [0.5, 0.6) is 0 Å². The first-order valence-electron chi connectivity index (χ1n) is 7.55. The first-order valence-corrected chi connectivity index (χ1v) is 8.31. The second-order valence-corrected chi connectivity index (χ2v) is 6.31. The van der Waals surface area contributed by atoms with E-state index in [0.717, 1.165) is 18.4 Å². The molecule has 5 heteroatoms. The maximum absolute atomic E-state index is 12.0. The fourth-order valence-corrected chi connectivity index (χ4v) is 2.73. The summed E-state index contributed by atoms with van der Waals surface area (Å²) in [6, 6.07) is 9.23. The Hall–Kier alpha value is -1.58. The number of nitrogens with zero attached hydrogens (tertiary/aromatic N) is 1. The Morgan fingerprint density at radius 1 is 1.22 bits per heavy atom. The lowest BCUT2D eigenvalue weighted by Crippen LogP contribution is -2.18. The predicted molar refractivity (Wildman–Crippen MR) is 92.8 cm³/mol. The normalized spacial score (nSPS) is 12.0. The molecular weight excluding hydrogens is 333 g/mol. The summed E-state index contributed by atoms with van der Waals surface area (Å²) in [5, 5.41) is 1.17. The molecule has 2 rings (SSSR count). The van der Waals surface area contributed by atoms with Gasteiger partial charge in [-0.2, -0.15) is 0 Å². The molecule has 0 saturated carbocycles. The van der Waals surface area contributed by atoms with Crippen molar-refractivity contribution in [3.63, 3.8) is 0 Å². The van der Waals surface area contributed by atoms with Gasteiger partial charge in [0.15, 0.2) is 0 Å². The van der Waals surface area contributed by atoms with Crippen LogP contribution < -0.4 is 0 Å². The third kappa shape index (κ3) is 5.85. The number of hydrogen-bond acceptors (Lipinski definition) is 3. The van der Waals surface area contributed by atoms with Gasteiger partial charge in [-0.05, 0) is 54.7 Å². The lowest BCUT2D eigenvalue weighted by Gasteiger charge is -2.12. The van der Waals surface area contributed by atoms with E-state index < -0.39 is 0 Å². The maximum atomic E-state index is 12.0. The Morgan fingerprint density at radius 3 is 2.65 bits per heavy atom. The maximum Gasteiger partial charge on any atom is 0.308 e. The average Bonchev–Trinajstić information content (AvgIpc) is 2.55. The Morgan fingerprint density at radius 2 is 1.96 bits per heavy atom. The summed E-state index contributed by atoms with van der Waals surface area (Å²) in [5.74, 6) is -0.444. The van der Waals surface area contributed by atoms with Gasteiger partial charge in [-0.25, -0.2) is 0 Å². The standard InChI is InChI=1S/C18H19Cl2NO2/c1-13(11-15-4-5-16(19)12-17(15)20)18(22)23-10-2-3-14-6-8-21-9-7-14/h4-9,12-13H,2-3,10-11H2,1H3. The van der Waals surface area contributed by atoms with Gasteiger partial charge >= 0.3 is 5.97 Å². The molecule has 23 heavy (non-hydrogen) atoms. The Labute approximate surface area is 146 Å². The fraction of sp³-hybridized carbons (Fsp3) is 0.333. The molecule has 0 fully saturated rings. The number of aromatic nitrogens is 1. The van der Waals surface area contributed by atoms with Crippen LogP contribution in [0.15, 0.2) is 42.7 Å². The van der Waals surface area contributed by atoms with Gasteiger partial charge in [0, 0.05) is 22.4 Å². The van der Waals surface area contributed by atoms with E-state index >= 15 is 0 Å². The number of carbonyl (C=O) groups excluding carboxylic acids is 1. The van der Waals surface area contributed by atoms with E-state index in [0.29, 0.717) is 23.1 Å². The van der Waals surface area contributed by atoms with Crippen LogP contribution in [0.3, 0.4) is 0 Å². The number of hydrogen-bond donors (Lipinski definition) is 0.